The Bertz CT molecular complexity index is 273. The van der Waals surface area contributed by atoms with Crippen LogP contribution >= 0.6 is 11.9 Å². The van der Waals surface area contributed by atoms with Gasteiger partial charge >= 0.3 is 0 Å². The Balaban J connectivity index is 2.78. The van der Waals surface area contributed by atoms with Crippen molar-refractivity contribution in [1.29, 1.82) is 0 Å². The molecular weight excluding hydrogens is 176 g/mol. The van der Waals surface area contributed by atoms with Crippen molar-refractivity contribution in [3.05, 3.63) is 34.4 Å². The van der Waals surface area contributed by atoms with Crippen molar-refractivity contribution in [2.75, 3.05) is 7.05 Å². The zero-order chi connectivity index (χ0) is 8.97. The molecule has 0 spiro atoms. The Morgan fingerprint density at radius 2 is 2.00 bits per heavy atom. The van der Waals surface area contributed by atoms with Gasteiger partial charge in [-0.3, -0.25) is 14.8 Å². The molecule has 0 saturated heterocycles. The molecule has 5 heteroatoms. The van der Waals surface area contributed by atoms with Crippen molar-refractivity contribution < 1.29 is 4.92 Å². The van der Waals surface area contributed by atoms with Crippen molar-refractivity contribution in [3.63, 3.8) is 0 Å². The van der Waals surface area contributed by atoms with Crippen LogP contribution in [0.25, 0.3) is 0 Å². The highest BCUT2D eigenvalue weighted by molar-refractivity contribution is 7.97. The van der Waals surface area contributed by atoms with Crippen LogP contribution in [-0.2, 0) is 0 Å². The average Bonchev–Trinajstić information content (AvgIpc) is 2.06. The van der Waals surface area contributed by atoms with Gasteiger partial charge in [-0.05, 0) is 31.1 Å². The number of hydrogen-bond acceptors (Lipinski definition) is 4. The summed E-state index contributed by atoms with van der Waals surface area (Å²) in [5.41, 5.74) is 0.121. The van der Waals surface area contributed by atoms with Crippen molar-refractivity contribution in [3.8, 4) is 0 Å². The number of nitrogens with one attached hydrogen (secondary N) is 1. The summed E-state index contributed by atoms with van der Waals surface area (Å²) in [5, 5.41) is 10.3. The predicted molar refractivity (Wildman–Crippen MR) is 48.0 cm³/mol. The van der Waals surface area contributed by atoms with Gasteiger partial charge in [-0.1, -0.05) is 0 Å². The van der Waals surface area contributed by atoms with E-state index >= 15 is 0 Å². The van der Waals surface area contributed by atoms with E-state index in [1.807, 2.05) is 0 Å². The first-order valence-corrected chi connectivity index (χ1v) is 4.13. The monoisotopic (exact) mass is 184 g/mol. The van der Waals surface area contributed by atoms with Crippen LogP contribution in [0.5, 0.6) is 0 Å². The first-order chi connectivity index (χ1) is 5.74. The molecule has 0 radical (unpaired) electrons. The lowest BCUT2D eigenvalue weighted by Gasteiger charge is -1.96. The molecular formula is C7H8N2O2S. The predicted octanol–water partition coefficient (Wildman–Crippen LogP) is 1.82. The zero-order valence-electron chi connectivity index (χ0n) is 6.48. The summed E-state index contributed by atoms with van der Waals surface area (Å²) >= 11 is 1.42. The fourth-order valence-corrected chi connectivity index (χ4v) is 1.26. The highest BCUT2D eigenvalue weighted by Crippen LogP contribution is 2.18. The number of rotatable bonds is 3. The lowest BCUT2D eigenvalue weighted by molar-refractivity contribution is -0.384. The van der Waals surface area contributed by atoms with Gasteiger partial charge in [0.05, 0.1) is 4.92 Å². The molecule has 0 bridgehead atoms. The Morgan fingerprint density at radius 3 is 2.42 bits per heavy atom. The van der Waals surface area contributed by atoms with Gasteiger partial charge in [0.15, 0.2) is 0 Å². The number of nitrogens with zero attached hydrogens (tertiary/aromatic N) is 1. The van der Waals surface area contributed by atoms with Gasteiger partial charge < -0.3 is 0 Å². The van der Waals surface area contributed by atoms with E-state index in [0.717, 1.165) is 4.90 Å². The lowest BCUT2D eigenvalue weighted by Crippen LogP contribution is -1.91. The molecule has 0 atom stereocenters. The number of nitro groups is 1. The summed E-state index contributed by atoms with van der Waals surface area (Å²) in [4.78, 5) is 10.8. The second kappa shape index (κ2) is 4.08. The Kier molecular flexibility index (Phi) is 3.07. The molecule has 0 amide bonds. The molecule has 4 nitrogen and oxygen atoms in total. The van der Waals surface area contributed by atoms with Crippen LogP contribution in [0.2, 0.25) is 0 Å². The van der Waals surface area contributed by atoms with Crippen LogP contribution < -0.4 is 4.72 Å². The summed E-state index contributed by atoms with van der Waals surface area (Å²) in [6.07, 6.45) is 0. The highest BCUT2D eigenvalue weighted by Gasteiger charge is 2.02. The lowest BCUT2D eigenvalue weighted by atomic mass is 10.3. The molecule has 1 rings (SSSR count). The fourth-order valence-electron chi connectivity index (χ4n) is 0.754. The van der Waals surface area contributed by atoms with Gasteiger partial charge in [0.1, 0.15) is 0 Å². The Morgan fingerprint density at radius 1 is 1.42 bits per heavy atom. The third-order valence-corrected chi connectivity index (χ3v) is 1.98. The van der Waals surface area contributed by atoms with Crippen molar-refractivity contribution in [2.24, 2.45) is 0 Å². The van der Waals surface area contributed by atoms with Crippen molar-refractivity contribution in [2.45, 2.75) is 4.90 Å². The van der Waals surface area contributed by atoms with E-state index < -0.39 is 4.92 Å². The van der Waals surface area contributed by atoms with E-state index in [1.165, 1.54) is 24.1 Å². The molecule has 0 aromatic heterocycles. The average molecular weight is 184 g/mol. The quantitative estimate of drug-likeness (QED) is 0.442. The van der Waals surface area contributed by atoms with Gasteiger partial charge in [0.25, 0.3) is 5.69 Å². The summed E-state index contributed by atoms with van der Waals surface area (Å²) in [6.45, 7) is 0. The normalized spacial score (nSPS) is 9.75. The molecule has 0 unspecified atom stereocenters. The van der Waals surface area contributed by atoms with Crippen LogP contribution in [0, 0.1) is 10.1 Å². The van der Waals surface area contributed by atoms with E-state index in [4.69, 9.17) is 0 Å². The second-order valence-electron chi connectivity index (χ2n) is 2.06. The number of benzene rings is 1. The smallest absolute Gasteiger partial charge is 0.263 e. The fraction of sp³-hybridized carbons (Fsp3) is 0.143. The first-order valence-electron chi connectivity index (χ1n) is 3.32. The molecule has 64 valence electrons. The summed E-state index contributed by atoms with van der Waals surface area (Å²) in [5.74, 6) is 0. The van der Waals surface area contributed by atoms with E-state index in [2.05, 4.69) is 4.72 Å². The van der Waals surface area contributed by atoms with Crippen molar-refractivity contribution >= 4 is 17.6 Å². The van der Waals surface area contributed by atoms with Gasteiger partial charge in [-0.25, -0.2) is 0 Å². The minimum Gasteiger partial charge on any atom is -0.263 e. The van der Waals surface area contributed by atoms with E-state index in [9.17, 15) is 10.1 Å². The van der Waals surface area contributed by atoms with Crippen LogP contribution in [-0.4, -0.2) is 12.0 Å². The molecule has 0 saturated carbocycles. The number of nitro benzene ring substituents is 1. The molecule has 12 heavy (non-hydrogen) atoms. The molecule has 0 aliphatic carbocycles. The molecule has 0 heterocycles. The van der Waals surface area contributed by atoms with Crippen LogP contribution in [0.4, 0.5) is 5.69 Å². The molecule has 1 aromatic rings. The largest absolute Gasteiger partial charge is 0.269 e. The number of non-ortho nitro benzene ring substituents is 1. The maximum Gasteiger partial charge on any atom is 0.269 e. The Labute approximate surface area is 74.3 Å². The van der Waals surface area contributed by atoms with Gasteiger partial charge in [-0.15, -0.1) is 0 Å². The zero-order valence-corrected chi connectivity index (χ0v) is 7.30. The summed E-state index contributed by atoms with van der Waals surface area (Å²) in [7, 11) is 1.80. The summed E-state index contributed by atoms with van der Waals surface area (Å²) < 4.78 is 2.88. The topological polar surface area (TPSA) is 55.2 Å². The van der Waals surface area contributed by atoms with Crippen LogP contribution in [0.3, 0.4) is 0 Å². The maximum absolute atomic E-state index is 10.3. The molecule has 1 N–H and O–H groups in total. The SMILES string of the molecule is CNSc1ccc([N+](=O)[O-])cc1. The third-order valence-electron chi connectivity index (χ3n) is 1.27. The van der Waals surface area contributed by atoms with E-state index in [0.29, 0.717) is 0 Å². The maximum atomic E-state index is 10.3. The first kappa shape index (κ1) is 9.02. The van der Waals surface area contributed by atoms with E-state index in [1.54, 1.807) is 19.2 Å². The van der Waals surface area contributed by atoms with Crippen LogP contribution in [0.15, 0.2) is 29.2 Å². The highest BCUT2D eigenvalue weighted by atomic mass is 32.2. The third kappa shape index (κ3) is 2.21. The Hall–Kier alpha value is -1.07. The van der Waals surface area contributed by atoms with Gasteiger partial charge in [-0.2, -0.15) is 0 Å². The van der Waals surface area contributed by atoms with Crippen LogP contribution in [0.1, 0.15) is 0 Å². The van der Waals surface area contributed by atoms with E-state index in [-0.39, 0.29) is 5.69 Å². The minimum absolute atomic E-state index is 0.121. The minimum atomic E-state index is -0.409. The second-order valence-corrected chi connectivity index (χ2v) is 3.14. The molecule has 0 aliphatic heterocycles. The molecule has 0 fully saturated rings. The van der Waals surface area contributed by atoms with Gasteiger partial charge in [0, 0.05) is 17.0 Å². The van der Waals surface area contributed by atoms with Gasteiger partial charge in [0.2, 0.25) is 0 Å². The van der Waals surface area contributed by atoms with Crippen molar-refractivity contribution in [1.82, 2.24) is 4.72 Å². The molecule has 1 aromatic carbocycles. The molecule has 0 aliphatic rings. The number of hydrogen-bond donors (Lipinski definition) is 1. The summed E-state index contributed by atoms with van der Waals surface area (Å²) in [6, 6.07) is 6.39. The standard InChI is InChI=1S/C7H8N2O2S/c1-8-12-7-4-2-6(3-5-7)9(10)11/h2-5,8H,1H3.